The van der Waals surface area contributed by atoms with E-state index in [9.17, 15) is 4.79 Å². The largest absolute Gasteiger partial charge is 0.477 e. The van der Waals surface area contributed by atoms with E-state index in [1.54, 1.807) is 0 Å². The fourth-order valence-electron chi connectivity index (χ4n) is 0.596. The number of nitrogens with zero attached hydrogens (tertiary/aromatic N) is 1. The Balaban J connectivity index is 3.10. The minimum Gasteiger partial charge on any atom is -0.477 e. The van der Waals surface area contributed by atoms with Crippen LogP contribution in [0.25, 0.3) is 0 Å². The lowest BCUT2D eigenvalue weighted by molar-refractivity contribution is -0.128. The molecule has 1 N–H and O–H groups in total. The number of hydrogen-bond donors (Lipinski definition) is 1. The highest BCUT2D eigenvalue weighted by Gasteiger charge is 1.85. The van der Waals surface area contributed by atoms with Crippen LogP contribution in [0, 0.1) is 0 Å². The Morgan fingerprint density at radius 1 is 1.60 bits per heavy atom. The highest BCUT2D eigenvalue weighted by molar-refractivity contribution is 6.21. The third kappa shape index (κ3) is 7.14. The van der Waals surface area contributed by atoms with Crippen molar-refractivity contribution in [1.29, 1.82) is 0 Å². The lowest BCUT2D eigenvalue weighted by atomic mass is 10.2. The number of rotatable bonds is 5. The van der Waals surface area contributed by atoms with Crippen LogP contribution in [-0.4, -0.2) is 23.8 Å². The Morgan fingerprint density at radius 3 is 2.80 bits per heavy atom. The average molecular weight is 143 g/mol. The normalized spacial score (nSPS) is 10.5. The van der Waals surface area contributed by atoms with Crippen molar-refractivity contribution in [3.63, 3.8) is 0 Å². The Morgan fingerprint density at radius 2 is 2.30 bits per heavy atom. The molecular formula is C7H13NO2. The van der Waals surface area contributed by atoms with E-state index in [1.807, 2.05) is 0 Å². The molecule has 0 aliphatic rings. The highest BCUT2D eigenvalue weighted by Crippen LogP contribution is 1.92. The molecule has 0 fully saturated rings. The number of carbonyl (C=O) groups is 1. The number of aliphatic imine (C=N–C) groups is 1. The number of carboxylic acids is 1. The van der Waals surface area contributed by atoms with Gasteiger partial charge in [-0.3, -0.25) is 4.99 Å². The van der Waals surface area contributed by atoms with Gasteiger partial charge in [-0.2, -0.15) is 0 Å². The Labute approximate surface area is 60.8 Å². The Kier molecular flexibility index (Phi) is 5.72. The molecule has 0 aliphatic heterocycles. The fourth-order valence-corrected chi connectivity index (χ4v) is 0.596. The number of hydrogen-bond acceptors (Lipinski definition) is 2. The smallest absolute Gasteiger partial charge is 0.346 e. The standard InChI is InChI=1S/C7H13NO2/c1-2-3-4-5-8-6-7(9)10/h6H,2-5H2,1H3,(H,9,10)/b8-6+. The molecule has 10 heavy (non-hydrogen) atoms. The van der Waals surface area contributed by atoms with Gasteiger partial charge in [0.25, 0.3) is 0 Å². The average Bonchev–Trinajstić information content (AvgIpc) is 1.87. The molecular weight excluding hydrogens is 130 g/mol. The maximum atomic E-state index is 9.88. The summed E-state index contributed by atoms with van der Waals surface area (Å²) in [6, 6.07) is 0. The van der Waals surface area contributed by atoms with Crippen molar-refractivity contribution in [3.05, 3.63) is 0 Å². The maximum Gasteiger partial charge on any atom is 0.346 e. The monoisotopic (exact) mass is 143 g/mol. The first-order chi connectivity index (χ1) is 4.77. The predicted octanol–water partition coefficient (Wildman–Crippen LogP) is 1.33. The molecule has 0 rings (SSSR count). The predicted molar refractivity (Wildman–Crippen MR) is 40.5 cm³/mol. The summed E-state index contributed by atoms with van der Waals surface area (Å²) < 4.78 is 0. The van der Waals surface area contributed by atoms with Gasteiger partial charge in [-0.1, -0.05) is 19.8 Å². The van der Waals surface area contributed by atoms with E-state index in [4.69, 9.17) is 5.11 Å². The van der Waals surface area contributed by atoms with Crippen LogP contribution >= 0.6 is 0 Å². The summed E-state index contributed by atoms with van der Waals surface area (Å²) in [5, 5.41) is 8.12. The summed E-state index contributed by atoms with van der Waals surface area (Å²) in [4.78, 5) is 13.6. The molecule has 0 atom stereocenters. The van der Waals surface area contributed by atoms with Gasteiger partial charge < -0.3 is 5.11 Å². The Hall–Kier alpha value is -0.860. The highest BCUT2D eigenvalue weighted by atomic mass is 16.4. The van der Waals surface area contributed by atoms with E-state index in [2.05, 4.69) is 11.9 Å². The van der Waals surface area contributed by atoms with Crippen LogP contribution in [0.3, 0.4) is 0 Å². The van der Waals surface area contributed by atoms with Crippen LogP contribution in [0.1, 0.15) is 26.2 Å². The van der Waals surface area contributed by atoms with E-state index < -0.39 is 5.97 Å². The van der Waals surface area contributed by atoms with E-state index in [-0.39, 0.29) is 0 Å². The molecule has 3 heteroatoms. The van der Waals surface area contributed by atoms with Gasteiger partial charge in [0, 0.05) is 6.54 Å². The summed E-state index contributed by atoms with van der Waals surface area (Å²) in [6.07, 6.45) is 4.20. The molecule has 0 aromatic heterocycles. The van der Waals surface area contributed by atoms with Crippen molar-refractivity contribution in [3.8, 4) is 0 Å². The molecule has 58 valence electrons. The van der Waals surface area contributed by atoms with Gasteiger partial charge in [-0.05, 0) is 6.42 Å². The molecule has 3 nitrogen and oxygen atoms in total. The number of carboxylic acid groups (broad SMARTS) is 1. The second-order valence-corrected chi connectivity index (χ2v) is 2.08. The van der Waals surface area contributed by atoms with E-state index in [1.165, 1.54) is 0 Å². The number of unbranched alkanes of at least 4 members (excludes halogenated alkanes) is 2. The molecule has 0 heterocycles. The van der Waals surface area contributed by atoms with Gasteiger partial charge in [0.1, 0.15) is 6.21 Å². The zero-order valence-corrected chi connectivity index (χ0v) is 6.21. The maximum absolute atomic E-state index is 9.88. The van der Waals surface area contributed by atoms with Crippen LogP contribution in [0.15, 0.2) is 4.99 Å². The molecule has 0 saturated heterocycles. The first kappa shape index (κ1) is 9.14. The van der Waals surface area contributed by atoms with Crippen molar-refractivity contribution in [2.45, 2.75) is 26.2 Å². The molecule has 0 bridgehead atoms. The molecule has 0 amide bonds. The third-order valence-corrected chi connectivity index (χ3v) is 1.09. The second kappa shape index (κ2) is 6.26. The van der Waals surface area contributed by atoms with Crippen molar-refractivity contribution >= 4 is 12.2 Å². The molecule has 0 unspecified atom stereocenters. The summed E-state index contributed by atoms with van der Waals surface area (Å²) in [5.74, 6) is -0.962. The summed E-state index contributed by atoms with van der Waals surface area (Å²) in [7, 11) is 0. The van der Waals surface area contributed by atoms with Gasteiger partial charge in [0.05, 0.1) is 0 Å². The SMILES string of the molecule is CCCCC/N=C/C(=O)O. The third-order valence-electron chi connectivity index (χ3n) is 1.09. The van der Waals surface area contributed by atoms with E-state index in [0.29, 0.717) is 6.54 Å². The molecule has 0 spiro atoms. The first-order valence-electron chi connectivity index (χ1n) is 3.50. The van der Waals surface area contributed by atoms with Crippen molar-refractivity contribution in [2.24, 2.45) is 4.99 Å². The van der Waals surface area contributed by atoms with Crippen molar-refractivity contribution in [2.75, 3.05) is 6.54 Å². The zero-order valence-electron chi connectivity index (χ0n) is 6.21. The van der Waals surface area contributed by atoms with Crippen LogP contribution in [-0.2, 0) is 4.79 Å². The number of aliphatic carboxylic acids is 1. The van der Waals surface area contributed by atoms with Crippen LogP contribution < -0.4 is 0 Å². The van der Waals surface area contributed by atoms with E-state index in [0.717, 1.165) is 25.5 Å². The van der Waals surface area contributed by atoms with Gasteiger partial charge in [0.2, 0.25) is 0 Å². The van der Waals surface area contributed by atoms with Crippen molar-refractivity contribution in [1.82, 2.24) is 0 Å². The van der Waals surface area contributed by atoms with Crippen molar-refractivity contribution < 1.29 is 9.90 Å². The summed E-state index contributed by atoms with van der Waals surface area (Å²) in [5.41, 5.74) is 0. The topological polar surface area (TPSA) is 49.7 Å². The zero-order chi connectivity index (χ0) is 7.82. The summed E-state index contributed by atoms with van der Waals surface area (Å²) in [6.45, 7) is 2.74. The second-order valence-electron chi connectivity index (χ2n) is 2.08. The minimum atomic E-state index is -0.962. The van der Waals surface area contributed by atoms with E-state index >= 15 is 0 Å². The van der Waals surface area contributed by atoms with Gasteiger partial charge in [-0.15, -0.1) is 0 Å². The molecule has 0 radical (unpaired) electrons. The van der Waals surface area contributed by atoms with Gasteiger partial charge in [-0.25, -0.2) is 4.79 Å². The first-order valence-corrected chi connectivity index (χ1v) is 3.50. The van der Waals surface area contributed by atoms with Gasteiger partial charge in [0.15, 0.2) is 0 Å². The molecule has 0 aliphatic carbocycles. The van der Waals surface area contributed by atoms with Gasteiger partial charge >= 0.3 is 5.97 Å². The quantitative estimate of drug-likeness (QED) is 0.466. The molecule has 0 aromatic carbocycles. The summed E-state index contributed by atoms with van der Waals surface area (Å²) >= 11 is 0. The lowest BCUT2D eigenvalue weighted by Gasteiger charge is -1.89. The minimum absolute atomic E-state index is 0.639. The van der Waals surface area contributed by atoms with Crippen LogP contribution in [0.2, 0.25) is 0 Å². The fraction of sp³-hybridized carbons (Fsp3) is 0.714. The van der Waals surface area contributed by atoms with Crippen LogP contribution in [0.4, 0.5) is 0 Å². The molecule has 0 saturated carbocycles. The lowest BCUT2D eigenvalue weighted by Crippen LogP contribution is -1.95. The Bertz CT molecular complexity index is 121. The molecule has 0 aromatic rings. The van der Waals surface area contributed by atoms with Crippen LogP contribution in [0.5, 0.6) is 0 Å².